The van der Waals surface area contributed by atoms with Crippen LogP contribution in [-0.2, 0) is 32.0 Å². The van der Waals surface area contributed by atoms with Crippen molar-refractivity contribution in [3.05, 3.63) is 74.3 Å². The van der Waals surface area contributed by atoms with E-state index >= 15 is 0 Å². The first-order chi connectivity index (χ1) is 20.4. The van der Waals surface area contributed by atoms with Gasteiger partial charge >= 0.3 is 11.9 Å². The molecule has 2 atom stereocenters. The summed E-state index contributed by atoms with van der Waals surface area (Å²) in [6.07, 6.45) is 5.61. The number of aliphatic carboxylic acids is 2. The highest BCUT2D eigenvalue weighted by Gasteiger charge is 2.32. The lowest BCUT2D eigenvalue weighted by molar-refractivity contribution is -0.138. The summed E-state index contributed by atoms with van der Waals surface area (Å²) in [4.78, 5) is 56.2. The Labute approximate surface area is 251 Å². The number of carbonyl (C=O) groups is 4. The van der Waals surface area contributed by atoms with E-state index in [-0.39, 0.29) is 43.2 Å². The normalized spacial score (nSPS) is 21.2. The van der Waals surface area contributed by atoms with E-state index < -0.39 is 11.9 Å². The SMILES string of the molecule is C=CC1=C(C)C(=O)NC1Cc1[nH]c(C=C2N=C(CC3NC(=O)C(CC)=C3C)C(C)=C2CCC(=O)O)c(CCC(=O)O)c1C. The first-order valence-corrected chi connectivity index (χ1v) is 14.6. The topological polar surface area (TPSA) is 161 Å². The van der Waals surface area contributed by atoms with Gasteiger partial charge < -0.3 is 25.8 Å². The van der Waals surface area contributed by atoms with Gasteiger partial charge in [-0.2, -0.15) is 0 Å². The number of hydrogen-bond acceptors (Lipinski definition) is 5. The van der Waals surface area contributed by atoms with Gasteiger partial charge in [0.15, 0.2) is 0 Å². The maximum Gasteiger partial charge on any atom is 0.303 e. The van der Waals surface area contributed by atoms with Crippen molar-refractivity contribution in [1.29, 1.82) is 0 Å². The van der Waals surface area contributed by atoms with Crippen LogP contribution in [0.5, 0.6) is 0 Å². The van der Waals surface area contributed by atoms with Crippen molar-refractivity contribution in [3.63, 3.8) is 0 Å². The third-order valence-corrected chi connectivity index (χ3v) is 8.84. The van der Waals surface area contributed by atoms with Crippen molar-refractivity contribution >= 4 is 35.5 Å². The maximum atomic E-state index is 12.4. The molecule has 3 aliphatic heterocycles. The van der Waals surface area contributed by atoms with Crippen LogP contribution in [0.2, 0.25) is 0 Å². The molecule has 0 saturated carbocycles. The van der Waals surface area contributed by atoms with Crippen LogP contribution in [0.3, 0.4) is 0 Å². The van der Waals surface area contributed by atoms with E-state index in [1.807, 2.05) is 33.8 Å². The van der Waals surface area contributed by atoms with E-state index in [1.165, 1.54) is 0 Å². The van der Waals surface area contributed by atoms with Gasteiger partial charge in [0.05, 0.1) is 17.8 Å². The third kappa shape index (κ3) is 6.48. The fourth-order valence-electron chi connectivity index (χ4n) is 6.24. The molecule has 0 spiro atoms. The maximum absolute atomic E-state index is 12.4. The predicted octanol–water partition coefficient (Wildman–Crippen LogP) is 4.48. The molecular formula is C33H40N4O6. The van der Waals surface area contributed by atoms with Crippen molar-refractivity contribution in [2.45, 2.75) is 91.6 Å². The zero-order chi connectivity index (χ0) is 31.6. The predicted molar refractivity (Wildman–Crippen MR) is 165 cm³/mol. The number of nitrogens with one attached hydrogen (secondary N) is 3. The third-order valence-electron chi connectivity index (χ3n) is 8.84. The van der Waals surface area contributed by atoms with Gasteiger partial charge in [0.1, 0.15) is 0 Å². The summed E-state index contributed by atoms with van der Waals surface area (Å²) >= 11 is 0. The molecule has 0 saturated heterocycles. The van der Waals surface area contributed by atoms with Crippen LogP contribution in [0, 0.1) is 6.92 Å². The fraction of sp³-hybridized carbons (Fsp3) is 0.424. The second-order valence-electron chi connectivity index (χ2n) is 11.4. The number of carboxylic acids is 2. The molecule has 4 heterocycles. The lowest BCUT2D eigenvalue weighted by atomic mass is 9.95. The fourth-order valence-corrected chi connectivity index (χ4v) is 6.24. The summed E-state index contributed by atoms with van der Waals surface area (Å²) in [7, 11) is 0. The van der Waals surface area contributed by atoms with Crippen molar-refractivity contribution in [1.82, 2.24) is 15.6 Å². The number of aromatic amines is 1. The van der Waals surface area contributed by atoms with Gasteiger partial charge in [0.2, 0.25) is 11.8 Å². The number of rotatable bonds is 13. The Hall–Kier alpha value is -4.47. The second-order valence-corrected chi connectivity index (χ2v) is 11.4. The summed E-state index contributed by atoms with van der Waals surface area (Å²) in [5.74, 6) is -2.03. The summed E-state index contributed by atoms with van der Waals surface area (Å²) in [6, 6.07) is -0.440. The highest BCUT2D eigenvalue weighted by Crippen LogP contribution is 2.35. The Kier molecular flexibility index (Phi) is 9.37. The number of carbonyl (C=O) groups excluding carboxylic acids is 2. The number of carboxylic acid groups (broad SMARTS) is 2. The molecule has 2 unspecified atom stereocenters. The first-order valence-electron chi connectivity index (χ1n) is 14.6. The highest BCUT2D eigenvalue weighted by molar-refractivity contribution is 6.07. The lowest BCUT2D eigenvalue weighted by Gasteiger charge is -2.13. The first kappa shape index (κ1) is 31.5. The van der Waals surface area contributed by atoms with Crippen LogP contribution in [0.25, 0.3) is 6.08 Å². The van der Waals surface area contributed by atoms with E-state index in [4.69, 9.17) is 4.99 Å². The Bertz CT molecular complexity index is 1560. The monoisotopic (exact) mass is 588 g/mol. The number of H-pyrrole nitrogens is 1. The molecule has 43 heavy (non-hydrogen) atoms. The molecule has 3 aliphatic rings. The minimum Gasteiger partial charge on any atom is -0.481 e. The molecule has 228 valence electrons. The molecule has 0 radical (unpaired) electrons. The van der Waals surface area contributed by atoms with Crippen LogP contribution in [0.4, 0.5) is 0 Å². The second kappa shape index (κ2) is 12.8. The van der Waals surface area contributed by atoms with Crippen molar-refractivity contribution in [3.8, 4) is 0 Å². The molecule has 0 fully saturated rings. The Balaban J connectivity index is 1.74. The molecule has 0 aliphatic carbocycles. The van der Waals surface area contributed by atoms with Crippen LogP contribution >= 0.6 is 0 Å². The van der Waals surface area contributed by atoms with E-state index in [1.54, 1.807) is 13.0 Å². The number of amides is 2. The minimum atomic E-state index is -0.914. The quantitative estimate of drug-likeness (QED) is 0.228. The molecule has 2 amide bonds. The minimum absolute atomic E-state index is 0.0621. The number of nitrogens with zero attached hydrogens (tertiary/aromatic N) is 1. The van der Waals surface area contributed by atoms with Gasteiger partial charge in [-0.3, -0.25) is 24.2 Å². The van der Waals surface area contributed by atoms with E-state index in [0.29, 0.717) is 42.6 Å². The van der Waals surface area contributed by atoms with Crippen LogP contribution < -0.4 is 10.6 Å². The van der Waals surface area contributed by atoms with Gasteiger partial charge in [-0.15, -0.1) is 0 Å². The van der Waals surface area contributed by atoms with Crippen LogP contribution in [-0.4, -0.2) is 56.7 Å². The summed E-state index contributed by atoms with van der Waals surface area (Å²) < 4.78 is 0. The molecule has 10 nitrogen and oxygen atoms in total. The van der Waals surface area contributed by atoms with Gasteiger partial charge in [-0.1, -0.05) is 19.6 Å². The average molecular weight is 589 g/mol. The molecule has 1 aromatic rings. The van der Waals surface area contributed by atoms with Gasteiger partial charge in [0.25, 0.3) is 0 Å². The molecule has 5 N–H and O–H groups in total. The number of allylic oxidation sites excluding steroid dienone is 2. The van der Waals surface area contributed by atoms with E-state index in [2.05, 4.69) is 22.2 Å². The van der Waals surface area contributed by atoms with Gasteiger partial charge in [-0.05, 0) is 86.5 Å². The molecule has 0 aromatic carbocycles. The largest absolute Gasteiger partial charge is 0.481 e. The van der Waals surface area contributed by atoms with Gasteiger partial charge in [-0.25, -0.2) is 0 Å². The number of hydrogen-bond donors (Lipinski definition) is 5. The van der Waals surface area contributed by atoms with Crippen LogP contribution in [0.1, 0.15) is 82.3 Å². The molecule has 0 bridgehead atoms. The van der Waals surface area contributed by atoms with E-state index in [9.17, 15) is 29.4 Å². The zero-order valence-electron chi connectivity index (χ0n) is 25.4. The van der Waals surface area contributed by atoms with Crippen molar-refractivity contribution in [2.24, 2.45) is 4.99 Å². The molecule has 10 heteroatoms. The molecular weight excluding hydrogens is 548 g/mol. The smallest absolute Gasteiger partial charge is 0.303 e. The Morgan fingerprint density at radius 1 is 0.907 bits per heavy atom. The Morgan fingerprint density at radius 2 is 1.56 bits per heavy atom. The standard InChI is InChI=1S/C33H40N4O6/c1-7-20-19(6)32(42)37-27(20)14-25-18(5)23(10-12-31(40)41)29(35-25)15-28-22(9-11-30(38)39)17(4)24(34-28)13-26-16(3)21(8-2)33(43)36-26/h7,15,26-27,35H,1,8-14H2,2-6H3,(H,36,43)(H,37,42)(H,38,39)(H,40,41). The summed E-state index contributed by atoms with van der Waals surface area (Å²) in [5, 5.41) is 24.9. The lowest BCUT2D eigenvalue weighted by Crippen LogP contribution is -2.30. The highest BCUT2D eigenvalue weighted by atomic mass is 16.4. The zero-order valence-corrected chi connectivity index (χ0v) is 25.4. The van der Waals surface area contributed by atoms with Crippen LogP contribution in [0.15, 0.2) is 56.8 Å². The number of aromatic nitrogens is 1. The Morgan fingerprint density at radius 3 is 2.16 bits per heavy atom. The summed E-state index contributed by atoms with van der Waals surface area (Å²) in [6.45, 7) is 13.4. The van der Waals surface area contributed by atoms with Crippen molar-refractivity contribution < 1.29 is 29.4 Å². The number of aliphatic imine (C=N–C) groups is 1. The average Bonchev–Trinajstić information content (AvgIpc) is 3.59. The summed E-state index contributed by atoms with van der Waals surface area (Å²) in [5.41, 5.74) is 9.67. The molecule has 4 rings (SSSR count). The van der Waals surface area contributed by atoms with Crippen molar-refractivity contribution in [2.75, 3.05) is 0 Å². The molecule has 1 aromatic heterocycles. The van der Waals surface area contributed by atoms with E-state index in [0.717, 1.165) is 50.4 Å². The van der Waals surface area contributed by atoms with Gasteiger partial charge in [0, 0.05) is 53.9 Å².